The Morgan fingerprint density at radius 1 is 0.462 bits per heavy atom. The first kappa shape index (κ1) is 9.79. The van der Waals surface area contributed by atoms with Gasteiger partial charge in [0.15, 0.2) is 0 Å². The summed E-state index contributed by atoms with van der Waals surface area (Å²) in [4.78, 5) is 0. The van der Waals surface area contributed by atoms with E-state index in [0.29, 0.717) is 0 Å². The van der Waals surface area contributed by atoms with Crippen LogP contribution in [0.1, 0.15) is 19.3 Å². The second kappa shape index (κ2) is 7.35. The van der Waals surface area contributed by atoms with E-state index < -0.39 is 0 Å². The van der Waals surface area contributed by atoms with E-state index in [2.05, 4.69) is 36.5 Å². The minimum Gasteiger partial charge on any atom is -0.0845 e. The predicted octanol–water partition coefficient (Wildman–Crippen LogP) is 3.95. The van der Waals surface area contributed by atoms with Crippen molar-refractivity contribution in [3.8, 4) is 0 Å². The molecule has 0 radical (unpaired) electrons. The highest BCUT2D eigenvalue weighted by molar-refractivity contribution is 5.18. The summed E-state index contributed by atoms with van der Waals surface area (Å²) in [5, 5.41) is 0. The number of rotatable bonds is 0. The second-order valence-electron chi connectivity index (χ2n) is 2.94. The van der Waals surface area contributed by atoms with E-state index in [0.717, 1.165) is 0 Å². The van der Waals surface area contributed by atoms with Crippen molar-refractivity contribution < 1.29 is 0 Å². The van der Waals surface area contributed by atoms with Crippen molar-refractivity contribution in [1.29, 1.82) is 0 Å². The molecule has 68 valence electrons. The van der Waals surface area contributed by atoms with Gasteiger partial charge in [0.05, 0.1) is 0 Å². The third-order valence-corrected chi connectivity index (χ3v) is 1.79. The van der Waals surface area contributed by atoms with Gasteiger partial charge in [-0.05, 0) is 19.3 Å². The lowest BCUT2D eigenvalue weighted by Crippen LogP contribution is -1.67. The Hall–Kier alpha value is -1.30. The maximum absolute atomic E-state index is 2.21. The van der Waals surface area contributed by atoms with E-state index in [9.17, 15) is 0 Å². The third-order valence-electron chi connectivity index (χ3n) is 1.79. The van der Waals surface area contributed by atoms with Crippen molar-refractivity contribution in [2.45, 2.75) is 19.3 Å². The largest absolute Gasteiger partial charge is 0.0845 e. The molecular weight excluding hydrogens is 156 g/mol. The van der Waals surface area contributed by atoms with Gasteiger partial charge in [-0.1, -0.05) is 60.8 Å². The molecule has 0 heteroatoms. The minimum absolute atomic E-state index is 1.17. The standard InChI is InChI=1S/C13H16/c1-2-4-6-8-10-12-13-11-9-7-5-3-1/h1-10H,11-13H2/b2-1-,5-3+,6-4?,9-7-,10-8?. The van der Waals surface area contributed by atoms with Gasteiger partial charge < -0.3 is 0 Å². The van der Waals surface area contributed by atoms with E-state index >= 15 is 0 Å². The SMILES string of the molecule is C1=C\C=C/C=C/C=C\CCCC=C1. The van der Waals surface area contributed by atoms with Crippen LogP contribution in [0.5, 0.6) is 0 Å². The average Bonchev–Trinajstić information content (AvgIpc) is 2.18. The van der Waals surface area contributed by atoms with Gasteiger partial charge in [-0.3, -0.25) is 0 Å². The van der Waals surface area contributed by atoms with Crippen molar-refractivity contribution >= 4 is 0 Å². The van der Waals surface area contributed by atoms with Crippen molar-refractivity contribution in [2.24, 2.45) is 0 Å². The summed E-state index contributed by atoms with van der Waals surface area (Å²) in [5.41, 5.74) is 0. The van der Waals surface area contributed by atoms with Crippen molar-refractivity contribution in [2.75, 3.05) is 0 Å². The van der Waals surface area contributed by atoms with Crippen LogP contribution >= 0.6 is 0 Å². The first-order valence-electron chi connectivity index (χ1n) is 4.82. The molecule has 0 aromatic rings. The van der Waals surface area contributed by atoms with Gasteiger partial charge in [0.25, 0.3) is 0 Å². The summed E-state index contributed by atoms with van der Waals surface area (Å²) in [7, 11) is 0. The van der Waals surface area contributed by atoms with E-state index in [1.807, 2.05) is 24.3 Å². The van der Waals surface area contributed by atoms with Crippen LogP contribution in [-0.2, 0) is 0 Å². The molecule has 0 heterocycles. The molecule has 1 aliphatic rings. The number of hydrogen-bond acceptors (Lipinski definition) is 0. The van der Waals surface area contributed by atoms with Crippen molar-refractivity contribution in [3.05, 3.63) is 60.8 Å². The number of allylic oxidation sites excluding steroid dienone is 10. The summed E-state index contributed by atoms with van der Waals surface area (Å²) in [6, 6.07) is 0. The van der Waals surface area contributed by atoms with E-state index in [1.165, 1.54) is 19.3 Å². The van der Waals surface area contributed by atoms with Crippen molar-refractivity contribution in [1.82, 2.24) is 0 Å². The normalized spacial score (nSPS) is 25.2. The molecule has 0 nitrogen and oxygen atoms in total. The van der Waals surface area contributed by atoms with Crippen LogP contribution in [0.15, 0.2) is 60.8 Å². The second-order valence-corrected chi connectivity index (χ2v) is 2.94. The molecule has 0 atom stereocenters. The summed E-state index contributed by atoms with van der Waals surface area (Å²) in [6.45, 7) is 0. The van der Waals surface area contributed by atoms with Gasteiger partial charge in [0.2, 0.25) is 0 Å². The Labute approximate surface area is 80.7 Å². The van der Waals surface area contributed by atoms with Gasteiger partial charge in [0.1, 0.15) is 0 Å². The Morgan fingerprint density at radius 3 is 1.31 bits per heavy atom. The predicted molar refractivity (Wildman–Crippen MR) is 59.6 cm³/mol. The van der Waals surface area contributed by atoms with Crippen LogP contribution in [0.2, 0.25) is 0 Å². The maximum Gasteiger partial charge on any atom is -0.0345 e. The van der Waals surface area contributed by atoms with Crippen LogP contribution in [0.4, 0.5) is 0 Å². The fraction of sp³-hybridized carbons (Fsp3) is 0.231. The van der Waals surface area contributed by atoms with Gasteiger partial charge >= 0.3 is 0 Å². The highest BCUT2D eigenvalue weighted by Gasteiger charge is 1.78. The molecule has 0 aliphatic heterocycles. The third kappa shape index (κ3) is 5.92. The Bertz CT molecular complexity index is 223. The lowest BCUT2D eigenvalue weighted by Gasteiger charge is -1.87. The first-order chi connectivity index (χ1) is 6.50. The van der Waals surface area contributed by atoms with E-state index in [-0.39, 0.29) is 0 Å². The molecule has 0 amide bonds. The summed E-state index contributed by atoms with van der Waals surface area (Å²) in [5.74, 6) is 0. The quantitative estimate of drug-likeness (QED) is 0.519. The molecule has 0 spiro atoms. The molecule has 13 heavy (non-hydrogen) atoms. The molecule has 0 unspecified atom stereocenters. The molecule has 1 rings (SSSR count). The van der Waals surface area contributed by atoms with E-state index in [4.69, 9.17) is 0 Å². The molecule has 0 saturated carbocycles. The van der Waals surface area contributed by atoms with Gasteiger partial charge in [-0.25, -0.2) is 0 Å². The van der Waals surface area contributed by atoms with Crippen LogP contribution in [-0.4, -0.2) is 0 Å². The highest BCUT2D eigenvalue weighted by Crippen LogP contribution is 1.99. The van der Waals surface area contributed by atoms with Crippen LogP contribution in [0.3, 0.4) is 0 Å². The lowest BCUT2D eigenvalue weighted by molar-refractivity contribution is 0.868. The Kier molecular flexibility index (Phi) is 5.54. The topological polar surface area (TPSA) is 0 Å². The zero-order valence-corrected chi connectivity index (χ0v) is 7.89. The van der Waals surface area contributed by atoms with Crippen molar-refractivity contribution in [3.63, 3.8) is 0 Å². The molecular formula is C13H16. The highest BCUT2D eigenvalue weighted by atomic mass is 13.8. The fourth-order valence-electron chi connectivity index (χ4n) is 1.09. The van der Waals surface area contributed by atoms with Crippen LogP contribution in [0, 0.1) is 0 Å². The summed E-state index contributed by atoms with van der Waals surface area (Å²) in [6.07, 6.45) is 24.5. The molecule has 0 fully saturated rings. The summed E-state index contributed by atoms with van der Waals surface area (Å²) < 4.78 is 0. The molecule has 0 aromatic carbocycles. The molecule has 0 saturated heterocycles. The zero-order valence-electron chi connectivity index (χ0n) is 7.89. The maximum atomic E-state index is 2.21. The monoisotopic (exact) mass is 172 g/mol. The average molecular weight is 172 g/mol. The van der Waals surface area contributed by atoms with Crippen LogP contribution in [0.25, 0.3) is 0 Å². The van der Waals surface area contributed by atoms with Gasteiger partial charge in [-0.15, -0.1) is 0 Å². The van der Waals surface area contributed by atoms with Gasteiger partial charge in [-0.2, -0.15) is 0 Å². The first-order valence-corrected chi connectivity index (χ1v) is 4.82. The fourth-order valence-corrected chi connectivity index (χ4v) is 1.09. The van der Waals surface area contributed by atoms with E-state index in [1.54, 1.807) is 0 Å². The molecule has 1 aliphatic carbocycles. The van der Waals surface area contributed by atoms with Gasteiger partial charge in [0, 0.05) is 0 Å². The Balaban J connectivity index is 2.51. The summed E-state index contributed by atoms with van der Waals surface area (Å²) >= 11 is 0. The Morgan fingerprint density at radius 2 is 0.846 bits per heavy atom. The van der Waals surface area contributed by atoms with Crippen LogP contribution < -0.4 is 0 Å². The molecule has 0 aromatic heterocycles. The molecule has 0 bridgehead atoms. The zero-order chi connectivity index (χ0) is 9.19. The number of hydrogen-bond donors (Lipinski definition) is 0. The minimum atomic E-state index is 1.17. The lowest BCUT2D eigenvalue weighted by atomic mass is 10.2. The smallest absolute Gasteiger partial charge is 0.0345 e. The molecule has 0 N–H and O–H groups in total.